The first-order valence-electron chi connectivity index (χ1n) is 2.50. The maximum absolute atomic E-state index is 12.1. The number of allylic oxidation sites excluding steroid dienone is 2. The molecule has 0 aromatic carbocycles. The van der Waals surface area contributed by atoms with Crippen LogP contribution in [-0.2, 0) is 4.79 Å². The zero-order valence-electron chi connectivity index (χ0n) is 5.30. The fraction of sp³-hybridized carbons (Fsp3) is 0. The first-order chi connectivity index (χ1) is 4.59. The first-order valence-corrected chi connectivity index (χ1v) is 2.50. The minimum Gasteiger partial charge on any atom is -0.478 e. The van der Waals surface area contributed by atoms with E-state index in [0.29, 0.717) is 0 Å². The highest BCUT2D eigenvalue weighted by molar-refractivity contribution is 5.91. The number of carbonyl (C=O) groups is 1. The van der Waals surface area contributed by atoms with E-state index in [0.717, 1.165) is 6.08 Å². The Morgan fingerprint density at radius 3 is 2.20 bits per heavy atom. The smallest absolute Gasteiger partial charge is 0.338 e. The van der Waals surface area contributed by atoms with Crippen molar-refractivity contribution in [1.29, 1.82) is 0 Å². The molecule has 0 bridgehead atoms. The molecule has 10 heavy (non-hydrogen) atoms. The number of hydrogen-bond acceptors (Lipinski definition) is 1. The van der Waals surface area contributed by atoms with Crippen LogP contribution in [0.4, 0.5) is 4.39 Å². The molecule has 0 unspecified atom stereocenters. The van der Waals surface area contributed by atoms with Crippen molar-refractivity contribution in [2.75, 3.05) is 0 Å². The van der Waals surface area contributed by atoms with Gasteiger partial charge < -0.3 is 5.11 Å². The molecule has 3 heteroatoms. The van der Waals surface area contributed by atoms with Gasteiger partial charge in [-0.1, -0.05) is 19.2 Å². The Balaban J connectivity index is 4.58. The molecule has 0 aliphatic carbocycles. The van der Waals surface area contributed by atoms with Crippen LogP contribution in [-0.4, -0.2) is 11.1 Å². The van der Waals surface area contributed by atoms with Crippen molar-refractivity contribution in [3.8, 4) is 0 Å². The minimum absolute atomic E-state index is 0.463. The Morgan fingerprint density at radius 1 is 1.60 bits per heavy atom. The van der Waals surface area contributed by atoms with Crippen molar-refractivity contribution in [3.05, 3.63) is 36.7 Å². The maximum atomic E-state index is 12.1. The van der Waals surface area contributed by atoms with Crippen LogP contribution in [0.25, 0.3) is 0 Å². The summed E-state index contributed by atoms with van der Waals surface area (Å²) in [7, 11) is 0. The largest absolute Gasteiger partial charge is 0.478 e. The van der Waals surface area contributed by atoms with E-state index in [1.807, 2.05) is 0 Å². The molecular formula is C7H7FO2. The van der Waals surface area contributed by atoms with Crippen molar-refractivity contribution >= 4 is 5.97 Å². The summed E-state index contributed by atoms with van der Waals surface area (Å²) in [5.74, 6) is -2.31. The summed E-state index contributed by atoms with van der Waals surface area (Å²) in [6.07, 6.45) is 2.24. The molecule has 0 rings (SSSR count). The Labute approximate surface area is 58.0 Å². The number of aliphatic carboxylic acids is 1. The van der Waals surface area contributed by atoms with Gasteiger partial charge in [0, 0.05) is 0 Å². The number of hydrogen-bond donors (Lipinski definition) is 1. The maximum Gasteiger partial charge on any atom is 0.338 e. The second-order valence-corrected chi connectivity index (χ2v) is 1.53. The molecule has 2 nitrogen and oxygen atoms in total. The van der Waals surface area contributed by atoms with Gasteiger partial charge in [0.1, 0.15) is 5.83 Å². The molecule has 0 aliphatic rings. The SMILES string of the molecule is C=C/C=C(\C(=C)F)C(=O)O. The summed E-state index contributed by atoms with van der Waals surface area (Å²) in [6, 6.07) is 0. The van der Waals surface area contributed by atoms with Gasteiger partial charge in [-0.3, -0.25) is 0 Å². The van der Waals surface area contributed by atoms with Crippen molar-refractivity contribution in [1.82, 2.24) is 0 Å². The number of halogens is 1. The van der Waals surface area contributed by atoms with E-state index in [2.05, 4.69) is 13.2 Å². The molecule has 0 saturated carbocycles. The van der Waals surface area contributed by atoms with Crippen LogP contribution in [0.15, 0.2) is 36.7 Å². The molecule has 0 spiro atoms. The highest BCUT2D eigenvalue weighted by Crippen LogP contribution is 2.08. The molecule has 0 saturated heterocycles. The second kappa shape index (κ2) is 3.61. The van der Waals surface area contributed by atoms with Gasteiger partial charge in [0.05, 0.1) is 5.57 Å². The molecule has 0 atom stereocenters. The zero-order chi connectivity index (χ0) is 8.15. The van der Waals surface area contributed by atoms with Crippen LogP contribution >= 0.6 is 0 Å². The van der Waals surface area contributed by atoms with Gasteiger partial charge in [-0.05, 0) is 6.08 Å². The average molecular weight is 142 g/mol. The summed E-state index contributed by atoms with van der Waals surface area (Å²) in [4.78, 5) is 10.1. The summed E-state index contributed by atoms with van der Waals surface area (Å²) >= 11 is 0. The number of rotatable bonds is 3. The third kappa shape index (κ3) is 2.26. The van der Waals surface area contributed by atoms with Crippen molar-refractivity contribution in [2.45, 2.75) is 0 Å². The Kier molecular flexibility index (Phi) is 3.11. The zero-order valence-corrected chi connectivity index (χ0v) is 5.30. The lowest BCUT2D eigenvalue weighted by Crippen LogP contribution is -1.99. The van der Waals surface area contributed by atoms with Crippen LogP contribution in [0, 0.1) is 0 Å². The Morgan fingerprint density at radius 2 is 2.10 bits per heavy atom. The van der Waals surface area contributed by atoms with Crippen LogP contribution in [0.3, 0.4) is 0 Å². The Hall–Kier alpha value is -1.38. The second-order valence-electron chi connectivity index (χ2n) is 1.53. The van der Waals surface area contributed by atoms with E-state index in [4.69, 9.17) is 5.11 Å². The molecule has 0 fully saturated rings. The van der Waals surface area contributed by atoms with Crippen molar-refractivity contribution in [3.63, 3.8) is 0 Å². The van der Waals surface area contributed by atoms with Crippen LogP contribution in [0.1, 0.15) is 0 Å². The topological polar surface area (TPSA) is 37.3 Å². The first kappa shape index (κ1) is 8.62. The van der Waals surface area contributed by atoms with Gasteiger partial charge in [0.25, 0.3) is 0 Å². The highest BCUT2D eigenvalue weighted by atomic mass is 19.1. The van der Waals surface area contributed by atoms with E-state index in [1.54, 1.807) is 0 Å². The van der Waals surface area contributed by atoms with Gasteiger partial charge in [0.15, 0.2) is 0 Å². The number of carboxylic acid groups (broad SMARTS) is 1. The fourth-order valence-electron chi connectivity index (χ4n) is 0.396. The molecule has 0 amide bonds. The lowest BCUT2D eigenvalue weighted by Gasteiger charge is -1.92. The highest BCUT2D eigenvalue weighted by Gasteiger charge is 2.08. The minimum atomic E-state index is -1.34. The molecular weight excluding hydrogens is 135 g/mol. The van der Waals surface area contributed by atoms with Crippen LogP contribution in [0.5, 0.6) is 0 Å². The third-order valence-electron chi connectivity index (χ3n) is 0.807. The lowest BCUT2D eigenvalue weighted by molar-refractivity contribution is -0.132. The van der Waals surface area contributed by atoms with E-state index in [9.17, 15) is 9.18 Å². The summed E-state index contributed by atoms with van der Waals surface area (Å²) in [6.45, 7) is 6.05. The summed E-state index contributed by atoms with van der Waals surface area (Å²) in [5, 5.41) is 8.26. The quantitative estimate of drug-likeness (QED) is 0.480. The molecule has 0 heterocycles. The molecule has 0 aromatic rings. The van der Waals surface area contributed by atoms with Crippen LogP contribution in [0.2, 0.25) is 0 Å². The van der Waals surface area contributed by atoms with Gasteiger partial charge in [0.2, 0.25) is 0 Å². The van der Waals surface area contributed by atoms with Gasteiger partial charge in [-0.15, -0.1) is 0 Å². The standard InChI is InChI=1S/C7H7FO2/c1-3-4-6(5(2)8)7(9)10/h3-4H,1-2H2,(H,9,10)/b6-4+. The monoisotopic (exact) mass is 142 g/mol. The molecule has 1 N–H and O–H groups in total. The van der Waals surface area contributed by atoms with E-state index in [-0.39, 0.29) is 0 Å². The van der Waals surface area contributed by atoms with Crippen molar-refractivity contribution in [2.24, 2.45) is 0 Å². The summed E-state index contributed by atoms with van der Waals surface area (Å²) in [5.41, 5.74) is -0.463. The average Bonchev–Trinajstić information content (AvgIpc) is 1.81. The Bertz CT molecular complexity index is 188. The van der Waals surface area contributed by atoms with E-state index in [1.165, 1.54) is 6.08 Å². The van der Waals surface area contributed by atoms with Gasteiger partial charge in [-0.25, -0.2) is 9.18 Å². The molecule has 0 aliphatic heterocycles. The van der Waals surface area contributed by atoms with E-state index >= 15 is 0 Å². The lowest BCUT2D eigenvalue weighted by atomic mass is 10.2. The molecule has 54 valence electrons. The van der Waals surface area contributed by atoms with Gasteiger partial charge >= 0.3 is 5.97 Å². The fourth-order valence-corrected chi connectivity index (χ4v) is 0.396. The van der Waals surface area contributed by atoms with Crippen LogP contribution < -0.4 is 0 Å². The third-order valence-corrected chi connectivity index (χ3v) is 0.807. The van der Waals surface area contributed by atoms with E-state index < -0.39 is 17.4 Å². The summed E-state index contributed by atoms with van der Waals surface area (Å²) < 4.78 is 12.1. The molecule has 0 aromatic heterocycles. The predicted molar refractivity (Wildman–Crippen MR) is 36.2 cm³/mol. The normalized spacial score (nSPS) is 10.7. The predicted octanol–water partition coefficient (Wildman–Crippen LogP) is 1.67. The van der Waals surface area contributed by atoms with Crippen molar-refractivity contribution < 1.29 is 14.3 Å². The van der Waals surface area contributed by atoms with Gasteiger partial charge in [-0.2, -0.15) is 0 Å². The molecule has 0 radical (unpaired) electrons. The number of carboxylic acids is 1.